The van der Waals surface area contributed by atoms with Gasteiger partial charge in [-0.15, -0.1) is 10.2 Å². The standard InChI is InChI=1S/C23H25Cl3N4O2S/c1-5-30-21(11-32-20-8-14(4)6-7-15(20)13(2)3)28-29-23(30)33-12-22(31)27-19-10-17(25)16(24)9-18(19)26/h6-10,13H,5,11-12H2,1-4H3,(H,27,31). The third-order valence-electron chi connectivity index (χ3n) is 4.87. The second-order valence-electron chi connectivity index (χ2n) is 7.71. The first-order chi connectivity index (χ1) is 15.7. The highest BCUT2D eigenvalue weighted by Crippen LogP contribution is 2.32. The third kappa shape index (κ3) is 6.57. The number of hydrogen-bond donors (Lipinski definition) is 1. The van der Waals surface area contributed by atoms with Gasteiger partial charge in [0.2, 0.25) is 5.91 Å². The van der Waals surface area contributed by atoms with Gasteiger partial charge >= 0.3 is 0 Å². The van der Waals surface area contributed by atoms with Crippen LogP contribution in [0.25, 0.3) is 0 Å². The molecular weight excluding hydrogens is 503 g/mol. The highest BCUT2D eigenvalue weighted by Gasteiger charge is 2.16. The van der Waals surface area contributed by atoms with Crippen molar-refractivity contribution in [3.63, 3.8) is 0 Å². The van der Waals surface area contributed by atoms with E-state index >= 15 is 0 Å². The van der Waals surface area contributed by atoms with Crippen molar-refractivity contribution >= 4 is 58.2 Å². The number of amides is 1. The summed E-state index contributed by atoms with van der Waals surface area (Å²) < 4.78 is 8.05. The zero-order valence-electron chi connectivity index (χ0n) is 18.8. The maximum Gasteiger partial charge on any atom is 0.234 e. The minimum Gasteiger partial charge on any atom is -0.485 e. The van der Waals surface area contributed by atoms with Gasteiger partial charge in [-0.1, -0.05) is 72.5 Å². The van der Waals surface area contributed by atoms with Crippen LogP contribution in [0.5, 0.6) is 5.75 Å². The molecule has 2 aromatic carbocycles. The molecule has 10 heteroatoms. The molecule has 1 amide bonds. The molecule has 0 saturated heterocycles. The van der Waals surface area contributed by atoms with Crippen LogP contribution >= 0.6 is 46.6 Å². The van der Waals surface area contributed by atoms with Crippen LogP contribution in [0.2, 0.25) is 15.1 Å². The van der Waals surface area contributed by atoms with Crippen molar-refractivity contribution in [2.24, 2.45) is 0 Å². The molecule has 0 aliphatic heterocycles. The highest BCUT2D eigenvalue weighted by molar-refractivity contribution is 7.99. The van der Waals surface area contributed by atoms with Crippen LogP contribution in [0.15, 0.2) is 35.5 Å². The summed E-state index contributed by atoms with van der Waals surface area (Å²) in [6.45, 7) is 9.25. The molecule has 3 rings (SSSR count). The topological polar surface area (TPSA) is 69.0 Å². The number of halogens is 3. The van der Waals surface area contributed by atoms with Gasteiger partial charge in [0.25, 0.3) is 0 Å². The fraction of sp³-hybridized carbons (Fsp3) is 0.348. The number of rotatable bonds is 9. The molecule has 0 bridgehead atoms. The predicted octanol–water partition coefficient (Wildman–Crippen LogP) is 7.00. The Morgan fingerprint density at radius 1 is 1.12 bits per heavy atom. The number of carbonyl (C=O) groups excluding carboxylic acids is 1. The molecule has 1 N–H and O–H groups in total. The van der Waals surface area contributed by atoms with Gasteiger partial charge in [0.05, 0.1) is 26.5 Å². The molecule has 0 aliphatic rings. The lowest BCUT2D eigenvalue weighted by Crippen LogP contribution is -2.15. The van der Waals surface area contributed by atoms with Gasteiger partial charge in [-0.3, -0.25) is 4.79 Å². The molecule has 0 saturated carbocycles. The molecule has 3 aromatic rings. The summed E-state index contributed by atoms with van der Waals surface area (Å²) in [5.41, 5.74) is 2.69. The van der Waals surface area contributed by atoms with Gasteiger partial charge in [-0.05, 0) is 49.1 Å². The Morgan fingerprint density at radius 2 is 1.85 bits per heavy atom. The molecule has 0 atom stereocenters. The van der Waals surface area contributed by atoms with Crippen LogP contribution in [0, 0.1) is 6.92 Å². The number of anilines is 1. The maximum absolute atomic E-state index is 12.4. The van der Waals surface area contributed by atoms with Crippen molar-refractivity contribution in [2.45, 2.75) is 51.9 Å². The number of hydrogen-bond acceptors (Lipinski definition) is 5. The Morgan fingerprint density at radius 3 is 2.55 bits per heavy atom. The minimum atomic E-state index is -0.245. The van der Waals surface area contributed by atoms with Gasteiger partial charge in [0.1, 0.15) is 12.4 Å². The fourth-order valence-corrected chi connectivity index (χ4v) is 4.59. The normalized spacial score (nSPS) is 11.2. The average molecular weight is 528 g/mol. The molecule has 0 radical (unpaired) electrons. The van der Waals surface area contributed by atoms with E-state index in [-0.39, 0.29) is 18.3 Å². The van der Waals surface area contributed by atoms with Crippen LogP contribution in [0.3, 0.4) is 0 Å². The first-order valence-electron chi connectivity index (χ1n) is 10.4. The number of benzene rings is 2. The van der Waals surface area contributed by atoms with Crippen LogP contribution < -0.4 is 10.1 Å². The van der Waals surface area contributed by atoms with E-state index in [4.69, 9.17) is 39.5 Å². The van der Waals surface area contributed by atoms with Gasteiger partial charge in [-0.25, -0.2) is 0 Å². The lowest BCUT2D eigenvalue weighted by Gasteiger charge is -2.15. The second-order valence-corrected chi connectivity index (χ2v) is 9.87. The lowest BCUT2D eigenvalue weighted by molar-refractivity contribution is -0.113. The lowest BCUT2D eigenvalue weighted by atomic mass is 10.0. The number of thioether (sulfide) groups is 1. The maximum atomic E-state index is 12.4. The van der Waals surface area contributed by atoms with E-state index in [0.717, 1.165) is 16.9 Å². The zero-order chi connectivity index (χ0) is 24.1. The molecule has 176 valence electrons. The second kappa shape index (κ2) is 11.5. The Kier molecular flexibility index (Phi) is 8.93. The van der Waals surface area contributed by atoms with Crippen LogP contribution in [-0.2, 0) is 17.9 Å². The first-order valence-corrected chi connectivity index (χ1v) is 12.5. The quantitative estimate of drug-likeness (QED) is 0.240. The van der Waals surface area contributed by atoms with Crippen LogP contribution in [-0.4, -0.2) is 26.4 Å². The zero-order valence-corrected chi connectivity index (χ0v) is 21.9. The summed E-state index contributed by atoms with van der Waals surface area (Å²) in [6.07, 6.45) is 0. The number of aryl methyl sites for hydroxylation is 1. The van der Waals surface area contributed by atoms with Crippen molar-refractivity contribution < 1.29 is 9.53 Å². The molecule has 1 aromatic heterocycles. The third-order valence-corrected chi connectivity index (χ3v) is 6.88. The summed E-state index contributed by atoms with van der Waals surface area (Å²) in [6, 6.07) is 9.24. The molecule has 0 spiro atoms. The summed E-state index contributed by atoms with van der Waals surface area (Å²) in [4.78, 5) is 12.4. The molecule has 6 nitrogen and oxygen atoms in total. The molecule has 0 fully saturated rings. The van der Waals surface area contributed by atoms with E-state index < -0.39 is 0 Å². The predicted molar refractivity (Wildman–Crippen MR) is 136 cm³/mol. The molecule has 1 heterocycles. The SMILES string of the molecule is CCn1c(COc2cc(C)ccc2C(C)C)nnc1SCC(=O)Nc1cc(Cl)c(Cl)cc1Cl. The number of nitrogens with zero attached hydrogens (tertiary/aromatic N) is 3. The van der Waals surface area contributed by atoms with E-state index in [1.165, 1.54) is 23.9 Å². The van der Waals surface area contributed by atoms with Gasteiger partial charge in [0.15, 0.2) is 11.0 Å². The highest BCUT2D eigenvalue weighted by atomic mass is 35.5. The van der Waals surface area contributed by atoms with Crippen molar-refractivity contribution in [1.82, 2.24) is 14.8 Å². The van der Waals surface area contributed by atoms with Gasteiger partial charge in [-0.2, -0.15) is 0 Å². The monoisotopic (exact) mass is 526 g/mol. The molecule has 0 aliphatic carbocycles. The van der Waals surface area contributed by atoms with Crippen LogP contribution in [0.4, 0.5) is 5.69 Å². The first kappa shape index (κ1) is 25.7. The van der Waals surface area contributed by atoms with Gasteiger partial charge in [0, 0.05) is 6.54 Å². The minimum absolute atomic E-state index is 0.130. The molecular formula is C23H25Cl3N4O2S. The van der Waals surface area contributed by atoms with E-state index in [2.05, 4.69) is 41.5 Å². The molecule has 33 heavy (non-hydrogen) atoms. The summed E-state index contributed by atoms with van der Waals surface area (Å²) in [5, 5.41) is 12.9. The Labute approximate surface area is 213 Å². The number of nitrogens with one attached hydrogen (secondary N) is 1. The summed E-state index contributed by atoms with van der Waals surface area (Å²) in [7, 11) is 0. The Hall–Kier alpha value is -1.93. The van der Waals surface area contributed by atoms with Crippen molar-refractivity contribution in [3.05, 3.63) is 62.4 Å². The Bertz CT molecular complexity index is 1150. The largest absolute Gasteiger partial charge is 0.485 e. The van der Waals surface area contributed by atoms with E-state index in [9.17, 15) is 4.79 Å². The van der Waals surface area contributed by atoms with E-state index in [0.29, 0.717) is 44.2 Å². The van der Waals surface area contributed by atoms with Crippen molar-refractivity contribution in [3.8, 4) is 5.75 Å². The number of ether oxygens (including phenoxy) is 1. The molecule has 0 unspecified atom stereocenters. The van der Waals surface area contributed by atoms with Crippen molar-refractivity contribution in [1.29, 1.82) is 0 Å². The Balaban J connectivity index is 1.65. The van der Waals surface area contributed by atoms with Crippen LogP contribution in [0.1, 0.15) is 43.6 Å². The van der Waals surface area contributed by atoms with Gasteiger partial charge < -0.3 is 14.6 Å². The average Bonchev–Trinajstić information content (AvgIpc) is 3.16. The van der Waals surface area contributed by atoms with E-state index in [1.807, 2.05) is 24.5 Å². The fourth-order valence-electron chi connectivity index (χ4n) is 3.17. The summed E-state index contributed by atoms with van der Waals surface area (Å²) in [5.74, 6) is 1.78. The van der Waals surface area contributed by atoms with E-state index in [1.54, 1.807) is 0 Å². The number of carbonyl (C=O) groups is 1. The summed E-state index contributed by atoms with van der Waals surface area (Å²) >= 11 is 19.4. The smallest absolute Gasteiger partial charge is 0.234 e. The number of aromatic nitrogens is 3. The van der Waals surface area contributed by atoms with Crippen molar-refractivity contribution in [2.75, 3.05) is 11.1 Å².